The Kier molecular flexibility index (Phi) is 5.58. The van der Waals surface area contributed by atoms with Crippen LogP contribution < -0.4 is 5.32 Å². The van der Waals surface area contributed by atoms with Crippen LogP contribution in [0, 0.1) is 0 Å². The second-order valence-electron chi connectivity index (χ2n) is 4.43. The van der Waals surface area contributed by atoms with Gasteiger partial charge in [0.1, 0.15) is 0 Å². The quantitative estimate of drug-likeness (QED) is 0.821. The molecule has 0 spiro atoms. The number of aromatic nitrogens is 1. The topological polar surface area (TPSA) is 51.2 Å². The van der Waals surface area contributed by atoms with Crippen LogP contribution in [0.25, 0.3) is 0 Å². The van der Waals surface area contributed by atoms with Crippen LogP contribution in [-0.2, 0) is 17.7 Å². The highest BCUT2D eigenvalue weighted by Gasteiger charge is 2.01. The van der Waals surface area contributed by atoms with Gasteiger partial charge in [-0.1, -0.05) is 30.3 Å². The molecule has 0 radical (unpaired) electrons. The summed E-state index contributed by atoms with van der Waals surface area (Å²) in [6, 6.07) is 13.7. The molecule has 2 aromatic rings. The van der Waals surface area contributed by atoms with E-state index < -0.39 is 0 Å². The van der Waals surface area contributed by atoms with Crippen LogP contribution in [0.4, 0.5) is 4.79 Å². The second-order valence-corrected chi connectivity index (χ2v) is 4.43. The fourth-order valence-electron chi connectivity index (χ4n) is 1.81. The van der Waals surface area contributed by atoms with Crippen molar-refractivity contribution in [1.29, 1.82) is 0 Å². The molecule has 104 valence electrons. The summed E-state index contributed by atoms with van der Waals surface area (Å²) in [4.78, 5) is 15.4. The molecule has 0 atom stereocenters. The first-order chi connectivity index (χ1) is 9.84. The summed E-state index contributed by atoms with van der Waals surface area (Å²) in [5.74, 6) is 0. The monoisotopic (exact) mass is 270 g/mol. The predicted molar refractivity (Wildman–Crippen MR) is 77.2 cm³/mol. The van der Waals surface area contributed by atoms with Crippen molar-refractivity contribution in [1.82, 2.24) is 10.3 Å². The first-order valence-corrected chi connectivity index (χ1v) is 6.68. The minimum atomic E-state index is -0.372. The van der Waals surface area contributed by atoms with Crippen molar-refractivity contribution in [3.05, 3.63) is 66.0 Å². The molecule has 0 unspecified atom stereocenters. The molecule has 0 saturated carbocycles. The van der Waals surface area contributed by atoms with Crippen molar-refractivity contribution < 1.29 is 9.53 Å². The van der Waals surface area contributed by atoms with Gasteiger partial charge in [-0.25, -0.2) is 4.79 Å². The summed E-state index contributed by atoms with van der Waals surface area (Å²) >= 11 is 0. The molecule has 0 aliphatic heterocycles. The van der Waals surface area contributed by atoms with Crippen molar-refractivity contribution in [2.75, 3.05) is 6.61 Å². The van der Waals surface area contributed by atoms with Crippen molar-refractivity contribution in [2.45, 2.75) is 19.4 Å². The number of nitrogens with one attached hydrogen (secondary N) is 1. The SMILES string of the molecule is O=C(NCc1ccccc1)OCCCc1ccncc1. The maximum absolute atomic E-state index is 11.5. The van der Waals surface area contributed by atoms with E-state index in [1.807, 2.05) is 42.5 Å². The minimum absolute atomic E-state index is 0.372. The Morgan fingerprint density at radius 3 is 2.55 bits per heavy atom. The fourth-order valence-corrected chi connectivity index (χ4v) is 1.81. The fraction of sp³-hybridized carbons (Fsp3) is 0.250. The largest absolute Gasteiger partial charge is 0.450 e. The Hall–Kier alpha value is -2.36. The van der Waals surface area contributed by atoms with E-state index in [9.17, 15) is 4.79 Å². The van der Waals surface area contributed by atoms with Gasteiger partial charge < -0.3 is 10.1 Å². The second kappa shape index (κ2) is 7.94. The van der Waals surface area contributed by atoms with Gasteiger partial charge in [-0.05, 0) is 36.1 Å². The zero-order valence-electron chi connectivity index (χ0n) is 11.3. The number of rotatable bonds is 6. The van der Waals surface area contributed by atoms with E-state index in [1.54, 1.807) is 12.4 Å². The predicted octanol–water partition coefficient (Wildman–Crippen LogP) is 2.94. The Bertz CT molecular complexity index is 515. The highest BCUT2D eigenvalue weighted by atomic mass is 16.5. The highest BCUT2D eigenvalue weighted by molar-refractivity contribution is 5.67. The van der Waals surface area contributed by atoms with Crippen LogP contribution in [0.1, 0.15) is 17.5 Å². The maximum Gasteiger partial charge on any atom is 0.407 e. The Balaban J connectivity index is 1.59. The molecule has 0 aliphatic carbocycles. The molecule has 1 N–H and O–H groups in total. The third-order valence-electron chi connectivity index (χ3n) is 2.87. The summed E-state index contributed by atoms with van der Waals surface area (Å²) < 4.78 is 5.12. The van der Waals surface area contributed by atoms with E-state index in [-0.39, 0.29) is 6.09 Å². The number of hydrogen-bond donors (Lipinski definition) is 1. The van der Waals surface area contributed by atoms with Gasteiger partial charge in [0.25, 0.3) is 0 Å². The van der Waals surface area contributed by atoms with Crippen LogP contribution in [0.15, 0.2) is 54.9 Å². The zero-order chi connectivity index (χ0) is 14.0. The Morgan fingerprint density at radius 2 is 1.80 bits per heavy atom. The van der Waals surface area contributed by atoms with Gasteiger partial charge in [-0.15, -0.1) is 0 Å². The summed E-state index contributed by atoms with van der Waals surface area (Å²) in [6.07, 6.45) is 4.85. The lowest BCUT2D eigenvalue weighted by atomic mass is 10.1. The standard InChI is InChI=1S/C16H18N2O2/c19-16(18-13-15-5-2-1-3-6-15)20-12-4-7-14-8-10-17-11-9-14/h1-3,5-6,8-11H,4,7,12-13H2,(H,18,19). The molecule has 4 heteroatoms. The number of aryl methyl sites for hydroxylation is 1. The molecule has 2 rings (SSSR count). The third-order valence-corrected chi connectivity index (χ3v) is 2.87. The van der Waals surface area contributed by atoms with E-state index in [0.29, 0.717) is 13.2 Å². The molecule has 0 bridgehead atoms. The summed E-state index contributed by atoms with van der Waals surface area (Å²) in [7, 11) is 0. The minimum Gasteiger partial charge on any atom is -0.450 e. The number of nitrogens with zero attached hydrogens (tertiary/aromatic N) is 1. The summed E-state index contributed by atoms with van der Waals surface area (Å²) in [5.41, 5.74) is 2.26. The first-order valence-electron chi connectivity index (χ1n) is 6.68. The number of ether oxygens (including phenoxy) is 1. The van der Waals surface area contributed by atoms with E-state index >= 15 is 0 Å². The smallest absolute Gasteiger partial charge is 0.407 e. The average Bonchev–Trinajstić information content (AvgIpc) is 2.52. The van der Waals surface area contributed by atoms with Crippen LogP contribution in [0.3, 0.4) is 0 Å². The molecule has 1 amide bonds. The number of carbonyl (C=O) groups is 1. The van der Waals surface area contributed by atoms with Crippen LogP contribution >= 0.6 is 0 Å². The van der Waals surface area contributed by atoms with Crippen molar-refractivity contribution in [3.63, 3.8) is 0 Å². The van der Waals surface area contributed by atoms with Gasteiger partial charge in [-0.2, -0.15) is 0 Å². The molecular formula is C16H18N2O2. The maximum atomic E-state index is 11.5. The van der Waals surface area contributed by atoms with Gasteiger partial charge in [0.05, 0.1) is 6.61 Å². The molecule has 1 aromatic carbocycles. The number of benzene rings is 1. The molecule has 1 heterocycles. The molecule has 4 nitrogen and oxygen atoms in total. The van der Waals surface area contributed by atoms with Gasteiger partial charge in [0.15, 0.2) is 0 Å². The molecule has 20 heavy (non-hydrogen) atoms. The number of hydrogen-bond acceptors (Lipinski definition) is 3. The highest BCUT2D eigenvalue weighted by Crippen LogP contribution is 2.01. The van der Waals surface area contributed by atoms with Crippen molar-refractivity contribution in [3.8, 4) is 0 Å². The van der Waals surface area contributed by atoms with Crippen LogP contribution in [0.2, 0.25) is 0 Å². The number of carbonyl (C=O) groups excluding carboxylic acids is 1. The van der Waals surface area contributed by atoms with Gasteiger partial charge in [-0.3, -0.25) is 4.98 Å². The molecule has 0 saturated heterocycles. The normalized spacial score (nSPS) is 10.0. The third kappa shape index (κ3) is 5.10. The summed E-state index contributed by atoms with van der Waals surface area (Å²) in [5, 5.41) is 2.73. The van der Waals surface area contributed by atoms with Crippen LogP contribution in [0.5, 0.6) is 0 Å². The van der Waals surface area contributed by atoms with E-state index in [4.69, 9.17) is 4.74 Å². The van der Waals surface area contributed by atoms with Crippen molar-refractivity contribution in [2.24, 2.45) is 0 Å². The number of amides is 1. The van der Waals surface area contributed by atoms with E-state index in [1.165, 1.54) is 5.56 Å². The van der Waals surface area contributed by atoms with E-state index in [2.05, 4.69) is 10.3 Å². The molecular weight excluding hydrogens is 252 g/mol. The lowest BCUT2D eigenvalue weighted by molar-refractivity contribution is 0.144. The van der Waals surface area contributed by atoms with Crippen molar-refractivity contribution >= 4 is 6.09 Å². The molecule has 1 aromatic heterocycles. The van der Waals surface area contributed by atoms with E-state index in [0.717, 1.165) is 18.4 Å². The first kappa shape index (κ1) is 14.1. The van der Waals surface area contributed by atoms with Gasteiger partial charge >= 0.3 is 6.09 Å². The Morgan fingerprint density at radius 1 is 1.05 bits per heavy atom. The molecule has 0 aliphatic rings. The summed E-state index contributed by atoms with van der Waals surface area (Å²) in [6.45, 7) is 0.910. The van der Waals surface area contributed by atoms with Gasteiger partial charge in [0.2, 0.25) is 0 Å². The lowest BCUT2D eigenvalue weighted by Gasteiger charge is -2.07. The lowest BCUT2D eigenvalue weighted by Crippen LogP contribution is -2.24. The Labute approximate surface area is 118 Å². The zero-order valence-corrected chi connectivity index (χ0v) is 11.3. The molecule has 0 fully saturated rings. The number of alkyl carbamates (subject to hydrolysis) is 1. The van der Waals surface area contributed by atoms with Crippen LogP contribution in [-0.4, -0.2) is 17.7 Å². The van der Waals surface area contributed by atoms with Gasteiger partial charge in [0, 0.05) is 18.9 Å². The average molecular weight is 270 g/mol. The number of pyridine rings is 1.